The molecule has 1 aliphatic rings. The Labute approximate surface area is 203 Å². The number of nitrogens with zero attached hydrogens (tertiary/aromatic N) is 2. The van der Waals surface area contributed by atoms with Gasteiger partial charge < -0.3 is 19.5 Å². The van der Waals surface area contributed by atoms with Crippen molar-refractivity contribution < 1.29 is 34.2 Å². The van der Waals surface area contributed by atoms with Crippen molar-refractivity contribution in [3.63, 3.8) is 0 Å². The number of benzene rings is 2. The highest BCUT2D eigenvalue weighted by atomic mass is 19.3. The molecule has 34 heavy (non-hydrogen) atoms. The van der Waals surface area contributed by atoms with Crippen molar-refractivity contribution in [1.29, 1.82) is 0 Å². The van der Waals surface area contributed by atoms with Crippen LogP contribution < -0.4 is 14.8 Å². The maximum Gasteiger partial charge on any atom is 0.273 e. The van der Waals surface area contributed by atoms with Crippen LogP contribution in [-0.4, -0.2) is 36.3 Å². The van der Waals surface area contributed by atoms with Crippen LogP contribution in [0, 0.1) is 12.7 Å². The number of anilines is 1. The summed E-state index contributed by atoms with van der Waals surface area (Å²) in [5.41, 5.74) is -0.533. The van der Waals surface area contributed by atoms with Crippen LogP contribution in [0.1, 0.15) is 56.5 Å². The van der Waals surface area contributed by atoms with Gasteiger partial charge in [-0.25, -0.2) is 23.1 Å². The molecule has 1 fully saturated rings. The van der Waals surface area contributed by atoms with E-state index < -0.39 is 43.5 Å². The van der Waals surface area contributed by atoms with Crippen molar-refractivity contribution >= 4 is 16.7 Å². The van der Waals surface area contributed by atoms with Gasteiger partial charge in [0.1, 0.15) is 24.0 Å². The highest BCUT2D eigenvalue weighted by Crippen LogP contribution is 2.37. The quantitative estimate of drug-likeness (QED) is 0.388. The van der Waals surface area contributed by atoms with E-state index in [4.69, 9.17) is 21.1 Å². The molecule has 0 radical (unpaired) electrons. The molecule has 1 heterocycles. The van der Waals surface area contributed by atoms with E-state index in [9.17, 15) is 8.78 Å². The SMILES string of the molecule is [2H]C([2H])([2H])Oc1cc2nc(C)nc(N[C@H](C)c3cccc(C(C)(F)F)c3F)c2cc1OC([2H])([2H])COC1CC1. The fourth-order valence-corrected chi connectivity index (χ4v) is 3.52. The molecule has 9 heteroatoms. The molecule has 1 aliphatic carbocycles. The van der Waals surface area contributed by atoms with Crippen LogP contribution in [0.15, 0.2) is 30.3 Å². The lowest BCUT2D eigenvalue weighted by Crippen LogP contribution is -2.16. The van der Waals surface area contributed by atoms with Gasteiger partial charge in [0, 0.05) is 23.9 Å². The third kappa shape index (κ3) is 5.35. The molecule has 0 amide bonds. The molecule has 1 N–H and O–H groups in total. The molecule has 4 rings (SSSR count). The van der Waals surface area contributed by atoms with Crippen molar-refractivity contribution in [3.8, 4) is 11.5 Å². The van der Waals surface area contributed by atoms with Crippen LogP contribution in [0.5, 0.6) is 11.5 Å². The molecule has 2 aromatic carbocycles. The number of nitrogens with one attached hydrogen (secondary N) is 1. The van der Waals surface area contributed by atoms with Crippen molar-refractivity contribution in [3.05, 3.63) is 53.1 Å². The normalized spacial score (nSPS) is 17.8. The summed E-state index contributed by atoms with van der Waals surface area (Å²) in [5, 5.41) is 3.28. The number of aryl methyl sites for hydroxylation is 1. The Hall–Kier alpha value is -3.07. The Bertz CT molecular complexity index is 1360. The van der Waals surface area contributed by atoms with E-state index in [2.05, 4.69) is 15.3 Å². The molecule has 0 aliphatic heterocycles. The van der Waals surface area contributed by atoms with Gasteiger partial charge in [-0.1, -0.05) is 18.2 Å². The van der Waals surface area contributed by atoms with Gasteiger partial charge in [-0.05, 0) is 32.8 Å². The van der Waals surface area contributed by atoms with Crippen LogP contribution in [0.3, 0.4) is 0 Å². The Morgan fingerprint density at radius 2 is 2.06 bits per heavy atom. The summed E-state index contributed by atoms with van der Waals surface area (Å²) >= 11 is 0. The average molecular weight is 481 g/mol. The molecule has 0 unspecified atom stereocenters. The second-order valence-corrected chi connectivity index (χ2v) is 8.26. The van der Waals surface area contributed by atoms with Crippen LogP contribution in [0.4, 0.5) is 19.0 Å². The van der Waals surface area contributed by atoms with Gasteiger partial charge in [-0.3, -0.25) is 0 Å². The molecule has 3 aromatic rings. The number of methoxy groups -OCH3 is 1. The molecular weight excluding hydrogens is 447 g/mol. The predicted molar refractivity (Wildman–Crippen MR) is 123 cm³/mol. The largest absolute Gasteiger partial charge is 0.493 e. The lowest BCUT2D eigenvalue weighted by atomic mass is 10.0. The van der Waals surface area contributed by atoms with E-state index in [-0.39, 0.29) is 45.7 Å². The average Bonchev–Trinajstić information content (AvgIpc) is 3.61. The molecule has 6 nitrogen and oxygen atoms in total. The molecule has 1 atom stereocenters. The zero-order valence-corrected chi connectivity index (χ0v) is 18.9. The second-order valence-electron chi connectivity index (χ2n) is 8.26. The summed E-state index contributed by atoms with van der Waals surface area (Å²) in [6.07, 6.45) is 1.60. The number of ether oxygens (including phenoxy) is 3. The topological polar surface area (TPSA) is 65.5 Å². The predicted octanol–water partition coefficient (Wildman–Crippen LogP) is 5.93. The summed E-state index contributed by atoms with van der Waals surface area (Å²) in [5.74, 6) is -4.53. The van der Waals surface area contributed by atoms with E-state index in [1.807, 2.05) is 0 Å². The van der Waals surface area contributed by atoms with Crippen molar-refractivity contribution in [2.45, 2.75) is 51.7 Å². The molecule has 1 aromatic heterocycles. The molecule has 1 saturated carbocycles. The number of hydrogen-bond acceptors (Lipinski definition) is 6. The minimum Gasteiger partial charge on any atom is -0.493 e. The van der Waals surface area contributed by atoms with Crippen LogP contribution >= 0.6 is 0 Å². The molecule has 0 spiro atoms. The number of halogens is 3. The first-order valence-electron chi connectivity index (χ1n) is 13.3. The lowest BCUT2D eigenvalue weighted by molar-refractivity contribution is 0.0136. The number of hydrogen-bond donors (Lipinski definition) is 1. The first-order chi connectivity index (χ1) is 18.0. The van der Waals surface area contributed by atoms with Crippen molar-refractivity contribution in [2.24, 2.45) is 0 Å². The van der Waals surface area contributed by atoms with Gasteiger partial charge in [0.2, 0.25) is 0 Å². The number of rotatable bonds is 10. The Balaban J connectivity index is 1.74. The number of fused-ring (bicyclic) bond motifs is 1. The van der Waals surface area contributed by atoms with Crippen LogP contribution in [0.2, 0.25) is 0 Å². The molecule has 0 saturated heterocycles. The van der Waals surface area contributed by atoms with Gasteiger partial charge >= 0.3 is 0 Å². The fourth-order valence-electron chi connectivity index (χ4n) is 3.52. The van der Waals surface area contributed by atoms with E-state index in [1.54, 1.807) is 13.8 Å². The summed E-state index contributed by atoms with van der Waals surface area (Å²) in [6, 6.07) is 5.50. The van der Waals surface area contributed by atoms with Crippen molar-refractivity contribution in [2.75, 3.05) is 25.5 Å². The first-order valence-corrected chi connectivity index (χ1v) is 10.8. The number of aromatic nitrogens is 2. The van der Waals surface area contributed by atoms with E-state index in [0.717, 1.165) is 18.9 Å². The summed E-state index contributed by atoms with van der Waals surface area (Å²) in [7, 11) is -2.87. The van der Waals surface area contributed by atoms with Gasteiger partial charge in [0.05, 0.1) is 43.7 Å². The maximum absolute atomic E-state index is 15.0. The van der Waals surface area contributed by atoms with Gasteiger partial charge in [0.15, 0.2) is 11.5 Å². The standard InChI is InChI=1S/C25H28F3N3O3/c1-14(17-6-5-7-19(23(17)26)25(3,27)28)29-24-18-12-22(34-11-10-33-16-8-9-16)21(32-4)13-20(18)30-15(2)31-24/h5-7,12-14,16H,8-11H2,1-4H3,(H,29,30,31)/t14-/m1/s1/i4D3,11D2. The lowest BCUT2D eigenvalue weighted by Gasteiger charge is -2.21. The van der Waals surface area contributed by atoms with Gasteiger partial charge in [-0.15, -0.1) is 0 Å². The van der Waals surface area contributed by atoms with E-state index in [0.29, 0.717) is 6.92 Å². The van der Waals surface area contributed by atoms with Crippen molar-refractivity contribution in [1.82, 2.24) is 9.97 Å². The van der Waals surface area contributed by atoms with Crippen LogP contribution in [-0.2, 0) is 10.7 Å². The smallest absolute Gasteiger partial charge is 0.273 e. The third-order valence-electron chi connectivity index (χ3n) is 5.39. The Kier molecular flexibility index (Phi) is 5.19. The Morgan fingerprint density at radius 1 is 1.26 bits per heavy atom. The van der Waals surface area contributed by atoms with Gasteiger partial charge in [0.25, 0.3) is 5.92 Å². The molecule has 182 valence electrons. The third-order valence-corrected chi connectivity index (χ3v) is 5.39. The van der Waals surface area contributed by atoms with E-state index in [1.165, 1.54) is 24.3 Å². The summed E-state index contributed by atoms with van der Waals surface area (Å²) in [4.78, 5) is 8.67. The molecular formula is C25H28F3N3O3. The number of alkyl halides is 2. The maximum atomic E-state index is 15.0. The highest BCUT2D eigenvalue weighted by Gasteiger charge is 2.30. The summed E-state index contributed by atoms with van der Waals surface area (Å²) < 4.78 is 97.8. The minimum absolute atomic E-state index is 0.0224. The van der Waals surface area contributed by atoms with Gasteiger partial charge in [-0.2, -0.15) is 0 Å². The molecule has 0 bridgehead atoms. The summed E-state index contributed by atoms with van der Waals surface area (Å²) in [6.45, 7) is 1.04. The minimum atomic E-state index is -3.38. The first kappa shape index (κ1) is 18.3. The highest BCUT2D eigenvalue weighted by molar-refractivity contribution is 5.92. The fraction of sp³-hybridized carbons (Fsp3) is 0.440. The van der Waals surface area contributed by atoms with E-state index >= 15 is 4.39 Å². The monoisotopic (exact) mass is 480 g/mol. The van der Waals surface area contributed by atoms with Crippen LogP contribution in [0.25, 0.3) is 10.9 Å². The zero-order chi connectivity index (χ0) is 28.8. The zero-order valence-electron chi connectivity index (χ0n) is 23.9. The second kappa shape index (κ2) is 9.66. The Morgan fingerprint density at radius 3 is 2.76 bits per heavy atom.